The van der Waals surface area contributed by atoms with Crippen LogP contribution in [0.3, 0.4) is 0 Å². The number of carbonyl (C=O) groups excluding carboxylic acids is 1. The number of carbonyl (C=O) groups is 1. The van der Waals surface area contributed by atoms with Crippen molar-refractivity contribution < 1.29 is 9.18 Å². The number of thioether (sulfide) groups is 1. The minimum Gasteiger partial charge on any atom is -0.310 e. The number of benzene rings is 1. The quantitative estimate of drug-likeness (QED) is 0.435. The Hall–Kier alpha value is -3.73. The molecule has 1 amide bonds. The van der Waals surface area contributed by atoms with Gasteiger partial charge >= 0.3 is 5.69 Å². The van der Waals surface area contributed by atoms with E-state index >= 15 is 0 Å². The normalized spacial score (nSPS) is 11.2. The summed E-state index contributed by atoms with van der Waals surface area (Å²) in [6.07, 6.45) is 0. The van der Waals surface area contributed by atoms with Gasteiger partial charge in [-0.05, 0) is 36.8 Å². The average Bonchev–Trinajstić information content (AvgIpc) is 3.14. The molecule has 0 radical (unpaired) electrons. The maximum Gasteiger partial charge on any atom is 0.332 e. The van der Waals surface area contributed by atoms with E-state index in [4.69, 9.17) is 0 Å². The van der Waals surface area contributed by atoms with Crippen molar-refractivity contribution >= 4 is 34.7 Å². The SMILES string of the molecule is Cc1cccc(NC(=O)CSc2nc3c(c(=O)n(C)c(=O)n3C)n2Cc2ccc(F)cc2)n1. The fourth-order valence-corrected chi connectivity index (χ4v) is 4.17. The first kappa shape index (κ1) is 22.5. The number of halogens is 1. The number of nitrogens with one attached hydrogen (secondary N) is 1. The lowest BCUT2D eigenvalue weighted by Gasteiger charge is -2.10. The zero-order valence-corrected chi connectivity index (χ0v) is 19.0. The molecule has 0 unspecified atom stereocenters. The van der Waals surface area contributed by atoms with Gasteiger partial charge in [-0.2, -0.15) is 0 Å². The van der Waals surface area contributed by atoms with Crippen molar-refractivity contribution in [3.63, 3.8) is 0 Å². The zero-order valence-electron chi connectivity index (χ0n) is 18.2. The van der Waals surface area contributed by atoms with E-state index in [2.05, 4.69) is 15.3 Å². The molecule has 0 aliphatic rings. The Labute approximate surface area is 191 Å². The summed E-state index contributed by atoms with van der Waals surface area (Å²) in [7, 11) is 2.93. The smallest absolute Gasteiger partial charge is 0.310 e. The minimum atomic E-state index is -0.501. The number of imidazole rings is 1. The molecule has 0 aliphatic heterocycles. The molecule has 0 saturated carbocycles. The molecule has 0 saturated heterocycles. The van der Waals surface area contributed by atoms with Gasteiger partial charge in [0.1, 0.15) is 11.6 Å². The molecule has 3 heterocycles. The van der Waals surface area contributed by atoms with Crippen LogP contribution in [0, 0.1) is 12.7 Å². The van der Waals surface area contributed by atoms with E-state index < -0.39 is 11.2 Å². The van der Waals surface area contributed by atoms with Crippen LogP contribution in [-0.2, 0) is 25.4 Å². The highest BCUT2D eigenvalue weighted by Gasteiger charge is 2.20. The standard InChI is InChI=1S/C22H21FN6O3S/c1-13-5-4-6-16(24-13)25-17(30)12-33-21-26-19-18(20(31)28(3)22(32)27(19)2)29(21)11-14-7-9-15(23)10-8-14/h4-10H,11-12H2,1-3H3,(H,24,25,30). The van der Waals surface area contributed by atoms with Gasteiger partial charge in [-0.1, -0.05) is 30.0 Å². The third-order valence-electron chi connectivity index (χ3n) is 5.06. The van der Waals surface area contributed by atoms with E-state index in [1.165, 1.54) is 30.8 Å². The van der Waals surface area contributed by atoms with Crippen LogP contribution in [0.1, 0.15) is 11.3 Å². The van der Waals surface area contributed by atoms with Crippen molar-refractivity contribution in [3.8, 4) is 0 Å². The van der Waals surface area contributed by atoms with Crippen molar-refractivity contribution in [2.75, 3.05) is 11.1 Å². The lowest BCUT2D eigenvalue weighted by Crippen LogP contribution is -2.37. The Kier molecular flexibility index (Phi) is 6.14. The number of aryl methyl sites for hydroxylation is 2. The summed E-state index contributed by atoms with van der Waals surface area (Å²) < 4.78 is 17.3. The maximum atomic E-state index is 13.4. The van der Waals surface area contributed by atoms with Gasteiger partial charge < -0.3 is 9.88 Å². The maximum absolute atomic E-state index is 13.4. The lowest BCUT2D eigenvalue weighted by atomic mass is 10.2. The first-order valence-corrected chi connectivity index (χ1v) is 11.0. The molecule has 1 N–H and O–H groups in total. The van der Waals surface area contributed by atoms with E-state index in [0.29, 0.717) is 11.0 Å². The predicted molar refractivity (Wildman–Crippen MR) is 124 cm³/mol. The summed E-state index contributed by atoms with van der Waals surface area (Å²) in [5.74, 6) is -0.211. The van der Waals surface area contributed by atoms with E-state index in [1.807, 2.05) is 13.0 Å². The monoisotopic (exact) mass is 468 g/mol. The Balaban J connectivity index is 1.70. The number of pyridine rings is 1. The fourth-order valence-electron chi connectivity index (χ4n) is 3.38. The molecular formula is C22H21FN6O3S. The summed E-state index contributed by atoms with van der Waals surface area (Å²) in [4.78, 5) is 46.5. The number of fused-ring (bicyclic) bond motifs is 1. The van der Waals surface area contributed by atoms with Gasteiger partial charge in [-0.25, -0.2) is 19.2 Å². The van der Waals surface area contributed by atoms with Crippen LogP contribution in [0.15, 0.2) is 57.2 Å². The van der Waals surface area contributed by atoms with Crippen LogP contribution in [0.25, 0.3) is 11.2 Å². The van der Waals surface area contributed by atoms with Gasteiger partial charge in [-0.15, -0.1) is 0 Å². The Morgan fingerprint density at radius 1 is 1.06 bits per heavy atom. The first-order valence-electron chi connectivity index (χ1n) is 10.0. The van der Waals surface area contributed by atoms with Crippen LogP contribution in [0.4, 0.5) is 10.2 Å². The van der Waals surface area contributed by atoms with E-state index in [1.54, 1.807) is 28.8 Å². The fraction of sp³-hybridized carbons (Fsp3) is 0.227. The van der Waals surface area contributed by atoms with E-state index in [9.17, 15) is 18.8 Å². The molecule has 33 heavy (non-hydrogen) atoms. The van der Waals surface area contributed by atoms with E-state index in [0.717, 1.165) is 27.6 Å². The highest BCUT2D eigenvalue weighted by Crippen LogP contribution is 2.23. The molecule has 0 atom stereocenters. The Bertz CT molecular complexity index is 1470. The molecule has 11 heteroatoms. The summed E-state index contributed by atoms with van der Waals surface area (Å²) >= 11 is 1.13. The molecule has 170 valence electrons. The highest BCUT2D eigenvalue weighted by molar-refractivity contribution is 7.99. The third kappa shape index (κ3) is 4.58. The number of amides is 1. The minimum absolute atomic E-state index is 0.0105. The van der Waals surface area contributed by atoms with Crippen molar-refractivity contribution in [3.05, 3.63) is 80.4 Å². The molecule has 1 aromatic carbocycles. The summed E-state index contributed by atoms with van der Waals surface area (Å²) in [5.41, 5.74) is 0.961. The molecule has 0 fully saturated rings. The van der Waals surface area contributed by atoms with Crippen molar-refractivity contribution in [2.45, 2.75) is 18.6 Å². The van der Waals surface area contributed by atoms with Crippen LogP contribution in [-0.4, -0.2) is 35.3 Å². The second-order valence-electron chi connectivity index (χ2n) is 7.49. The average molecular weight is 469 g/mol. The molecule has 9 nitrogen and oxygen atoms in total. The second kappa shape index (κ2) is 9.02. The van der Waals surface area contributed by atoms with Gasteiger partial charge in [0.15, 0.2) is 16.3 Å². The predicted octanol–water partition coefficient (Wildman–Crippen LogP) is 2.06. The molecule has 0 aliphatic carbocycles. The molecule has 0 spiro atoms. The van der Waals surface area contributed by atoms with Crippen LogP contribution in [0.5, 0.6) is 0 Å². The topological polar surface area (TPSA) is 104 Å². The van der Waals surface area contributed by atoms with Crippen LogP contribution in [0.2, 0.25) is 0 Å². The number of rotatable bonds is 6. The number of hydrogen-bond donors (Lipinski definition) is 1. The Morgan fingerprint density at radius 3 is 2.48 bits per heavy atom. The molecular weight excluding hydrogens is 447 g/mol. The number of hydrogen-bond acceptors (Lipinski definition) is 6. The highest BCUT2D eigenvalue weighted by atomic mass is 32.2. The van der Waals surface area contributed by atoms with Crippen molar-refractivity contribution in [1.29, 1.82) is 0 Å². The lowest BCUT2D eigenvalue weighted by molar-refractivity contribution is -0.113. The van der Waals surface area contributed by atoms with Crippen molar-refractivity contribution in [2.24, 2.45) is 14.1 Å². The molecule has 4 aromatic rings. The van der Waals surface area contributed by atoms with Crippen LogP contribution < -0.4 is 16.6 Å². The third-order valence-corrected chi connectivity index (χ3v) is 6.03. The first-order chi connectivity index (χ1) is 15.7. The number of anilines is 1. The zero-order chi connectivity index (χ0) is 23.7. The van der Waals surface area contributed by atoms with Gasteiger partial charge in [0, 0.05) is 19.8 Å². The van der Waals surface area contributed by atoms with Gasteiger partial charge in [0.2, 0.25) is 5.91 Å². The van der Waals surface area contributed by atoms with Gasteiger partial charge in [0.05, 0.1) is 12.3 Å². The molecule has 0 bridgehead atoms. The summed E-state index contributed by atoms with van der Waals surface area (Å²) in [6.45, 7) is 2.04. The summed E-state index contributed by atoms with van der Waals surface area (Å²) in [6, 6.07) is 11.2. The summed E-state index contributed by atoms with van der Waals surface area (Å²) in [5, 5.41) is 3.12. The Morgan fingerprint density at radius 2 is 1.79 bits per heavy atom. The van der Waals surface area contributed by atoms with Gasteiger partial charge in [-0.3, -0.25) is 18.7 Å². The van der Waals surface area contributed by atoms with E-state index in [-0.39, 0.29) is 35.2 Å². The van der Waals surface area contributed by atoms with Gasteiger partial charge in [0.25, 0.3) is 5.56 Å². The largest absolute Gasteiger partial charge is 0.332 e. The molecule has 3 aromatic heterocycles. The molecule has 4 rings (SSSR count). The second-order valence-corrected chi connectivity index (χ2v) is 8.43. The van der Waals surface area contributed by atoms with Crippen LogP contribution >= 0.6 is 11.8 Å². The number of nitrogens with zero attached hydrogens (tertiary/aromatic N) is 5. The number of aromatic nitrogens is 5. The van der Waals surface area contributed by atoms with Crippen molar-refractivity contribution in [1.82, 2.24) is 23.7 Å².